The van der Waals surface area contributed by atoms with Crippen LogP contribution in [0.15, 0.2) is 24.3 Å². The van der Waals surface area contributed by atoms with Gasteiger partial charge in [-0.3, -0.25) is 4.79 Å². The van der Waals surface area contributed by atoms with Gasteiger partial charge in [0.2, 0.25) is 5.91 Å². The number of carbonyl (C=O) groups is 1. The van der Waals surface area contributed by atoms with Gasteiger partial charge in [-0.2, -0.15) is 8.78 Å². The number of ether oxygens (including phenoxy) is 1. The van der Waals surface area contributed by atoms with Crippen molar-refractivity contribution in [3.63, 3.8) is 0 Å². The fourth-order valence-corrected chi connectivity index (χ4v) is 2.04. The van der Waals surface area contributed by atoms with E-state index in [0.29, 0.717) is 13.1 Å². The van der Waals surface area contributed by atoms with Gasteiger partial charge in [0.05, 0.1) is 0 Å². The van der Waals surface area contributed by atoms with Crippen molar-refractivity contribution in [3.05, 3.63) is 29.8 Å². The minimum absolute atomic E-state index is 0.0101. The molecule has 1 unspecified atom stereocenters. The third-order valence-electron chi connectivity index (χ3n) is 3.41. The van der Waals surface area contributed by atoms with E-state index in [0.717, 1.165) is 18.4 Å². The Morgan fingerprint density at radius 2 is 2.14 bits per heavy atom. The molecule has 1 aliphatic carbocycles. The maximum atomic E-state index is 12.2. The van der Waals surface area contributed by atoms with Crippen molar-refractivity contribution in [2.45, 2.75) is 32.4 Å². The molecular weight excluding hydrogens is 278 g/mol. The number of benzene rings is 1. The molecular formula is C15H20F2N2O2. The fourth-order valence-electron chi connectivity index (χ4n) is 2.04. The van der Waals surface area contributed by atoms with Crippen molar-refractivity contribution in [1.82, 2.24) is 10.6 Å². The first-order valence-electron chi connectivity index (χ1n) is 7.12. The molecule has 0 aromatic heterocycles. The lowest BCUT2D eigenvalue weighted by Crippen LogP contribution is -2.33. The van der Waals surface area contributed by atoms with Crippen molar-refractivity contribution < 1.29 is 18.3 Å². The van der Waals surface area contributed by atoms with Crippen LogP contribution >= 0.6 is 0 Å². The maximum absolute atomic E-state index is 12.2. The predicted octanol–water partition coefficient (Wildman–Crippen LogP) is 2.46. The molecule has 1 fully saturated rings. The molecule has 4 nitrogen and oxygen atoms in total. The van der Waals surface area contributed by atoms with Gasteiger partial charge in [0, 0.05) is 25.0 Å². The van der Waals surface area contributed by atoms with Crippen LogP contribution < -0.4 is 15.4 Å². The first-order chi connectivity index (χ1) is 10.1. The summed E-state index contributed by atoms with van der Waals surface area (Å²) in [7, 11) is 0. The molecule has 0 saturated heterocycles. The molecule has 6 heteroatoms. The molecule has 2 N–H and O–H groups in total. The molecule has 1 amide bonds. The molecule has 1 atom stereocenters. The smallest absolute Gasteiger partial charge is 0.387 e. The first kappa shape index (κ1) is 15.7. The van der Waals surface area contributed by atoms with E-state index in [1.165, 1.54) is 6.07 Å². The average molecular weight is 298 g/mol. The lowest BCUT2D eigenvalue weighted by atomic mass is 10.1. The first-order valence-corrected chi connectivity index (χ1v) is 7.12. The highest BCUT2D eigenvalue weighted by atomic mass is 19.3. The van der Waals surface area contributed by atoms with E-state index in [1.54, 1.807) is 12.1 Å². The summed E-state index contributed by atoms with van der Waals surface area (Å²) in [6.45, 7) is 0.303. The highest BCUT2D eigenvalue weighted by molar-refractivity contribution is 5.80. The van der Waals surface area contributed by atoms with Crippen LogP contribution in [0.2, 0.25) is 0 Å². The number of hydrogen-bond donors (Lipinski definition) is 2. The van der Waals surface area contributed by atoms with E-state index in [9.17, 15) is 13.6 Å². The Morgan fingerprint density at radius 3 is 2.81 bits per heavy atom. The number of alkyl halides is 2. The second kappa shape index (κ2) is 7.36. The Balaban J connectivity index is 1.74. The summed E-state index contributed by atoms with van der Waals surface area (Å²) >= 11 is 0. The molecule has 1 aliphatic rings. The van der Waals surface area contributed by atoms with E-state index >= 15 is 0 Å². The van der Waals surface area contributed by atoms with Crippen molar-refractivity contribution in [3.8, 4) is 5.75 Å². The van der Waals surface area contributed by atoms with Crippen molar-refractivity contribution in [2.75, 3.05) is 13.1 Å². The van der Waals surface area contributed by atoms with Gasteiger partial charge < -0.3 is 15.4 Å². The van der Waals surface area contributed by atoms with Gasteiger partial charge in [-0.25, -0.2) is 0 Å². The minimum Gasteiger partial charge on any atom is -0.435 e. The van der Waals surface area contributed by atoms with Gasteiger partial charge in [0.1, 0.15) is 5.75 Å². The molecule has 1 aromatic rings. The Morgan fingerprint density at radius 1 is 1.38 bits per heavy atom. The Bertz CT molecular complexity index is 478. The lowest BCUT2D eigenvalue weighted by molar-refractivity contribution is -0.122. The van der Waals surface area contributed by atoms with Crippen LogP contribution in [0.1, 0.15) is 31.4 Å². The summed E-state index contributed by atoms with van der Waals surface area (Å²) < 4.78 is 28.7. The Labute approximate surface area is 122 Å². The van der Waals surface area contributed by atoms with E-state index < -0.39 is 6.61 Å². The Hall–Kier alpha value is -1.69. The van der Waals surface area contributed by atoms with Gasteiger partial charge >= 0.3 is 6.61 Å². The van der Waals surface area contributed by atoms with Crippen LogP contribution in [-0.2, 0) is 4.79 Å². The fraction of sp³-hybridized carbons (Fsp3) is 0.533. The monoisotopic (exact) mass is 298 g/mol. The summed E-state index contributed by atoms with van der Waals surface area (Å²) in [6, 6.07) is 6.60. The van der Waals surface area contributed by atoms with Gasteiger partial charge in [0.15, 0.2) is 0 Å². The molecule has 116 valence electrons. The number of carbonyl (C=O) groups excluding carboxylic acids is 1. The summed E-state index contributed by atoms with van der Waals surface area (Å²) in [5, 5.41) is 6.10. The lowest BCUT2D eigenvalue weighted by Gasteiger charge is -2.15. The molecule has 1 saturated carbocycles. The zero-order valence-electron chi connectivity index (χ0n) is 11.9. The largest absolute Gasteiger partial charge is 0.435 e. The SMILES string of the molecule is CC(NCCNC(=O)C1CC1)c1cccc(OC(F)F)c1. The third-order valence-corrected chi connectivity index (χ3v) is 3.41. The summed E-state index contributed by atoms with van der Waals surface area (Å²) in [6.07, 6.45) is 1.99. The molecule has 0 radical (unpaired) electrons. The van der Waals surface area contributed by atoms with Gasteiger partial charge in [-0.1, -0.05) is 12.1 Å². The number of hydrogen-bond acceptors (Lipinski definition) is 3. The van der Waals surface area contributed by atoms with Gasteiger partial charge in [0.25, 0.3) is 0 Å². The van der Waals surface area contributed by atoms with Crippen LogP contribution in [0.25, 0.3) is 0 Å². The molecule has 0 heterocycles. The third kappa shape index (κ3) is 5.30. The van der Waals surface area contributed by atoms with E-state index in [-0.39, 0.29) is 23.6 Å². The average Bonchev–Trinajstić information content (AvgIpc) is 3.27. The normalized spacial score (nSPS) is 15.8. The number of halogens is 2. The van der Waals surface area contributed by atoms with E-state index in [1.807, 2.05) is 13.0 Å². The van der Waals surface area contributed by atoms with E-state index in [2.05, 4.69) is 15.4 Å². The second-order valence-corrected chi connectivity index (χ2v) is 5.19. The number of amides is 1. The van der Waals surface area contributed by atoms with Gasteiger partial charge in [-0.05, 0) is 37.5 Å². The van der Waals surface area contributed by atoms with Crippen LogP contribution in [0.4, 0.5) is 8.78 Å². The molecule has 0 spiro atoms. The van der Waals surface area contributed by atoms with Crippen molar-refractivity contribution >= 4 is 5.91 Å². The molecule has 2 rings (SSSR count). The standard InChI is InChI=1S/C15H20F2N2O2/c1-10(18-7-8-19-14(20)11-5-6-11)12-3-2-4-13(9-12)21-15(16)17/h2-4,9-11,15,18H,5-8H2,1H3,(H,19,20). The quantitative estimate of drug-likeness (QED) is 0.725. The summed E-state index contributed by atoms with van der Waals surface area (Å²) in [5.41, 5.74) is 0.863. The second-order valence-electron chi connectivity index (χ2n) is 5.19. The highest BCUT2D eigenvalue weighted by Crippen LogP contribution is 2.28. The van der Waals surface area contributed by atoms with Crippen LogP contribution in [0.5, 0.6) is 5.75 Å². The zero-order chi connectivity index (χ0) is 15.2. The minimum atomic E-state index is -2.82. The maximum Gasteiger partial charge on any atom is 0.387 e. The van der Waals surface area contributed by atoms with Crippen molar-refractivity contribution in [2.24, 2.45) is 5.92 Å². The van der Waals surface area contributed by atoms with Crippen LogP contribution in [-0.4, -0.2) is 25.6 Å². The molecule has 21 heavy (non-hydrogen) atoms. The molecule has 0 aliphatic heterocycles. The Kier molecular flexibility index (Phi) is 5.50. The van der Waals surface area contributed by atoms with Crippen LogP contribution in [0, 0.1) is 5.92 Å². The predicted molar refractivity (Wildman–Crippen MR) is 75.2 cm³/mol. The molecule has 0 bridgehead atoms. The zero-order valence-corrected chi connectivity index (χ0v) is 11.9. The highest BCUT2D eigenvalue weighted by Gasteiger charge is 2.28. The summed E-state index contributed by atoms with van der Waals surface area (Å²) in [4.78, 5) is 11.4. The van der Waals surface area contributed by atoms with Crippen LogP contribution in [0.3, 0.4) is 0 Å². The number of rotatable bonds is 8. The molecule has 1 aromatic carbocycles. The summed E-state index contributed by atoms with van der Waals surface area (Å²) in [5.74, 6) is 0.487. The topological polar surface area (TPSA) is 50.4 Å². The van der Waals surface area contributed by atoms with Gasteiger partial charge in [-0.15, -0.1) is 0 Å². The van der Waals surface area contributed by atoms with Crippen molar-refractivity contribution in [1.29, 1.82) is 0 Å². The number of nitrogens with one attached hydrogen (secondary N) is 2. The van der Waals surface area contributed by atoms with E-state index in [4.69, 9.17) is 0 Å².